The monoisotopic (exact) mass is 240 g/mol. The third kappa shape index (κ3) is 3.55. The van der Waals surface area contributed by atoms with Crippen LogP contribution in [-0.2, 0) is 4.74 Å². The lowest BCUT2D eigenvalue weighted by molar-refractivity contribution is 0.0366. The largest absolute Gasteiger partial charge is 0.504 e. The Labute approximate surface area is 99.3 Å². The van der Waals surface area contributed by atoms with E-state index in [1.54, 1.807) is 0 Å². The molecule has 1 aromatic carbocycles. The van der Waals surface area contributed by atoms with Gasteiger partial charge in [-0.15, -0.1) is 0 Å². The minimum absolute atomic E-state index is 0.0120. The molecule has 0 spiro atoms. The third-order valence-corrected chi connectivity index (χ3v) is 1.94. The summed E-state index contributed by atoms with van der Waals surface area (Å²) in [6.45, 7) is 5.94. The molecule has 17 heavy (non-hydrogen) atoms. The van der Waals surface area contributed by atoms with Crippen LogP contribution in [0.4, 0.5) is 0 Å². The van der Waals surface area contributed by atoms with Crippen LogP contribution in [0.15, 0.2) is 12.1 Å². The van der Waals surface area contributed by atoms with Gasteiger partial charge in [-0.05, 0) is 17.5 Å². The average molecular weight is 240 g/mol. The van der Waals surface area contributed by atoms with E-state index < -0.39 is 23.2 Å². The maximum Gasteiger partial charge on any atom is 0.338 e. The number of carbonyl (C=O) groups is 1. The fraction of sp³-hybridized carbons (Fsp3) is 0.417. The molecule has 0 aliphatic rings. The Morgan fingerprint density at radius 1 is 1.18 bits per heavy atom. The maximum atomic E-state index is 11.6. The van der Waals surface area contributed by atoms with Gasteiger partial charge in [0.05, 0.1) is 12.2 Å². The van der Waals surface area contributed by atoms with Crippen LogP contribution in [0.1, 0.15) is 31.1 Å². The summed E-state index contributed by atoms with van der Waals surface area (Å²) in [5, 5.41) is 27.6. The molecule has 0 fully saturated rings. The molecule has 94 valence electrons. The number of ether oxygens (including phenoxy) is 1. The molecule has 5 heteroatoms. The smallest absolute Gasteiger partial charge is 0.338 e. The van der Waals surface area contributed by atoms with E-state index in [1.165, 1.54) is 0 Å². The molecule has 0 unspecified atom stereocenters. The molecular formula is C12H16O5. The number of rotatable bonds is 2. The normalized spacial score (nSPS) is 11.2. The highest BCUT2D eigenvalue weighted by molar-refractivity contribution is 5.91. The molecule has 0 saturated carbocycles. The Hall–Kier alpha value is -1.91. The van der Waals surface area contributed by atoms with Crippen molar-refractivity contribution in [3.05, 3.63) is 17.7 Å². The lowest BCUT2D eigenvalue weighted by Crippen LogP contribution is -2.18. The number of aromatic hydroxyl groups is 3. The van der Waals surface area contributed by atoms with Crippen LogP contribution in [0.25, 0.3) is 0 Å². The Kier molecular flexibility index (Phi) is 3.50. The van der Waals surface area contributed by atoms with E-state index in [0.717, 1.165) is 12.1 Å². The molecule has 0 bridgehead atoms. The Morgan fingerprint density at radius 2 is 1.65 bits per heavy atom. The standard InChI is InChI=1S/C12H16O5/c1-12(2,3)6-17-11(16)7-4-8(13)10(15)9(14)5-7/h4-5,13-15H,6H2,1-3H3. The average Bonchev–Trinajstić information content (AvgIpc) is 2.20. The zero-order chi connectivity index (χ0) is 13.2. The first-order valence-electron chi connectivity index (χ1n) is 5.13. The van der Waals surface area contributed by atoms with Crippen molar-refractivity contribution in [2.75, 3.05) is 6.61 Å². The second-order valence-electron chi connectivity index (χ2n) is 5.00. The second-order valence-corrected chi connectivity index (χ2v) is 5.00. The quantitative estimate of drug-likeness (QED) is 0.543. The van der Waals surface area contributed by atoms with Gasteiger partial charge in [-0.1, -0.05) is 20.8 Å². The maximum absolute atomic E-state index is 11.6. The van der Waals surface area contributed by atoms with Crippen LogP contribution in [0.2, 0.25) is 0 Å². The zero-order valence-corrected chi connectivity index (χ0v) is 10.0. The second kappa shape index (κ2) is 4.53. The number of hydrogen-bond donors (Lipinski definition) is 3. The molecule has 0 aliphatic heterocycles. The van der Waals surface area contributed by atoms with Crippen molar-refractivity contribution in [2.24, 2.45) is 5.41 Å². The first kappa shape index (κ1) is 13.2. The molecule has 0 saturated heterocycles. The molecule has 0 aromatic heterocycles. The molecule has 1 aromatic rings. The van der Waals surface area contributed by atoms with Gasteiger partial charge in [-0.3, -0.25) is 0 Å². The lowest BCUT2D eigenvalue weighted by atomic mass is 9.99. The SMILES string of the molecule is CC(C)(C)COC(=O)c1cc(O)c(O)c(O)c1. The molecule has 0 aliphatic carbocycles. The van der Waals surface area contributed by atoms with Gasteiger partial charge in [-0.25, -0.2) is 4.79 Å². The van der Waals surface area contributed by atoms with E-state index in [-0.39, 0.29) is 17.6 Å². The fourth-order valence-electron chi connectivity index (χ4n) is 1.09. The Bertz CT molecular complexity index is 408. The number of esters is 1. The summed E-state index contributed by atoms with van der Waals surface area (Å²) in [7, 11) is 0. The van der Waals surface area contributed by atoms with Crippen LogP contribution in [0.5, 0.6) is 17.2 Å². The number of phenols is 3. The zero-order valence-electron chi connectivity index (χ0n) is 10.0. The van der Waals surface area contributed by atoms with Crippen LogP contribution in [0, 0.1) is 5.41 Å². The summed E-state index contributed by atoms with van der Waals surface area (Å²) < 4.78 is 5.00. The molecule has 0 amide bonds. The number of phenolic OH excluding ortho intramolecular Hbond substituents is 3. The number of hydrogen-bond acceptors (Lipinski definition) is 5. The van der Waals surface area contributed by atoms with Crippen molar-refractivity contribution in [1.82, 2.24) is 0 Å². The summed E-state index contributed by atoms with van der Waals surface area (Å²) in [4.78, 5) is 11.6. The number of carbonyl (C=O) groups excluding carboxylic acids is 1. The molecule has 0 atom stereocenters. The van der Waals surface area contributed by atoms with E-state index in [4.69, 9.17) is 9.84 Å². The predicted octanol–water partition coefficient (Wildman–Crippen LogP) is 2.01. The van der Waals surface area contributed by atoms with E-state index in [2.05, 4.69) is 0 Å². The van der Waals surface area contributed by atoms with Crippen molar-refractivity contribution < 1.29 is 24.9 Å². The van der Waals surface area contributed by atoms with Gasteiger partial charge in [0, 0.05) is 0 Å². The first-order valence-corrected chi connectivity index (χ1v) is 5.13. The summed E-state index contributed by atoms with van der Waals surface area (Å²) >= 11 is 0. The predicted molar refractivity (Wildman–Crippen MR) is 61.2 cm³/mol. The highest BCUT2D eigenvalue weighted by Gasteiger charge is 2.17. The third-order valence-electron chi connectivity index (χ3n) is 1.94. The Balaban J connectivity index is 2.84. The minimum atomic E-state index is -0.662. The number of benzene rings is 1. The van der Waals surface area contributed by atoms with Gasteiger partial charge in [0.25, 0.3) is 0 Å². The molecular weight excluding hydrogens is 224 g/mol. The lowest BCUT2D eigenvalue weighted by Gasteiger charge is -2.17. The van der Waals surface area contributed by atoms with Crippen molar-refractivity contribution in [2.45, 2.75) is 20.8 Å². The van der Waals surface area contributed by atoms with E-state index in [0.29, 0.717) is 0 Å². The molecule has 0 radical (unpaired) electrons. The van der Waals surface area contributed by atoms with Crippen molar-refractivity contribution >= 4 is 5.97 Å². The molecule has 1 rings (SSSR count). The molecule has 5 nitrogen and oxygen atoms in total. The minimum Gasteiger partial charge on any atom is -0.504 e. The van der Waals surface area contributed by atoms with E-state index in [9.17, 15) is 15.0 Å². The van der Waals surface area contributed by atoms with Gasteiger partial charge in [0.15, 0.2) is 17.2 Å². The van der Waals surface area contributed by atoms with Crippen LogP contribution in [-0.4, -0.2) is 27.9 Å². The fourth-order valence-corrected chi connectivity index (χ4v) is 1.09. The summed E-state index contributed by atoms with van der Waals surface area (Å²) in [6.07, 6.45) is 0. The topological polar surface area (TPSA) is 87.0 Å². The van der Waals surface area contributed by atoms with Crippen molar-refractivity contribution in [1.29, 1.82) is 0 Å². The Morgan fingerprint density at radius 3 is 2.06 bits per heavy atom. The highest BCUT2D eigenvalue weighted by Crippen LogP contribution is 2.35. The molecule has 3 N–H and O–H groups in total. The van der Waals surface area contributed by atoms with Gasteiger partial charge in [0.1, 0.15) is 0 Å². The van der Waals surface area contributed by atoms with Crippen molar-refractivity contribution in [3.8, 4) is 17.2 Å². The van der Waals surface area contributed by atoms with Crippen molar-refractivity contribution in [3.63, 3.8) is 0 Å². The molecule has 0 heterocycles. The van der Waals surface area contributed by atoms with Crippen LogP contribution in [0.3, 0.4) is 0 Å². The van der Waals surface area contributed by atoms with Gasteiger partial charge in [-0.2, -0.15) is 0 Å². The van der Waals surface area contributed by atoms with Crippen LogP contribution >= 0.6 is 0 Å². The van der Waals surface area contributed by atoms with Gasteiger partial charge in [0.2, 0.25) is 0 Å². The van der Waals surface area contributed by atoms with Crippen LogP contribution < -0.4 is 0 Å². The van der Waals surface area contributed by atoms with E-state index >= 15 is 0 Å². The summed E-state index contributed by atoms with van der Waals surface area (Å²) in [5.41, 5.74) is -0.182. The highest BCUT2D eigenvalue weighted by atomic mass is 16.5. The van der Waals surface area contributed by atoms with Gasteiger partial charge < -0.3 is 20.1 Å². The summed E-state index contributed by atoms with van der Waals surface area (Å²) in [6, 6.07) is 2.08. The first-order chi connectivity index (χ1) is 7.70. The summed E-state index contributed by atoms with van der Waals surface area (Å²) in [5.74, 6) is -2.44. The van der Waals surface area contributed by atoms with Gasteiger partial charge >= 0.3 is 5.97 Å². The van der Waals surface area contributed by atoms with E-state index in [1.807, 2.05) is 20.8 Å².